The third-order valence-electron chi connectivity index (χ3n) is 3.47. The molecule has 0 spiro atoms. The summed E-state index contributed by atoms with van der Waals surface area (Å²) in [6, 6.07) is 0.130. The summed E-state index contributed by atoms with van der Waals surface area (Å²) in [5.41, 5.74) is 4.03. The van der Waals surface area contributed by atoms with Gasteiger partial charge in [0.15, 0.2) is 0 Å². The molecule has 0 amide bonds. The Balaban J connectivity index is 2.57. The first-order valence-electron chi connectivity index (χ1n) is 7.40. The highest BCUT2D eigenvalue weighted by Crippen LogP contribution is 2.26. The molecule has 1 rings (SSSR count). The van der Waals surface area contributed by atoms with Gasteiger partial charge in [-0.15, -0.1) is 0 Å². The zero-order valence-corrected chi connectivity index (χ0v) is 14.2. The lowest BCUT2D eigenvalue weighted by atomic mass is 10.0. The summed E-state index contributed by atoms with van der Waals surface area (Å²) in [7, 11) is 1.70. The fraction of sp³-hybridized carbons (Fsp3) is 0.786. The number of aromatic nitrogens is 2. The largest absolute Gasteiger partial charge is 0.383 e. The third kappa shape index (κ3) is 5.52. The number of unbranched alkanes of at least 4 members (excludes halogenated alkanes) is 4. The van der Waals surface area contributed by atoms with Gasteiger partial charge in [0.25, 0.3) is 0 Å². The maximum absolute atomic E-state index is 5.73. The van der Waals surface area contributed by atoms with Crippen molar-refractivity contribution in [1.82, 2.24) is 15.2 Å². The smallest absolute Gasteiger partial charge is 0.0710 e. The highest BCUT2D eigenvalue weighted by Gasteiger charge is 2.18. The molecule has 0 saturated heterocycles. The zero-order chi connectivity index (χ0) is 14.8. The highest BCUT2D eigenvalue weighted by molar-refractivity contribution is 9.10. The number of nitrogens with one attached hydrogen (secondary N) is 1. The summed E-state index contributed by atoms with van der Waals surface area (Å²) in [6.45, 7) is 3.62. The lowest BCUT2D eigenvalue weighted by Gasteiger charge is -2.18. The van der Waals surface area contributed by atoms with Gasteiger partial charge in [0.05, 0.1) is 35.6 Å². The number of halogens is 1. The number of nitrogens with zero attached hydrogens (tertiary/aromatic N) is 2. The minimum absolute atomic E-state index is 0.130. The number of hydrazine groups is 1. The van der Waals surface area contributed by atoms with Crippen LogP contribution in [0.1, 0.15) is 57.2 Å². The molecule has 20 heavy (non-hydrogen) atoms. The van der Waals surface area contributed by atoms with Gasteiger partial charge in [-0.3, -0.25) is 16.0 Å². The van der Waals surface area contributed by atoms with Crippen molar-refractivity contribution in [2.24, 2.45) is 5.84 Å². The van der Waals surface area contributed by atoms with E-state index in [4.69, 9.17) is 10.6 Å². The van der Waals surface area contributed by atoms with Gasteiger partial charge in [0.1, 0.15) is 0 Å². The number of methoxy groups -OCH3 is 1. The van der Waals surface area contributed by atoms with Crippen LogP contribution in [0.25, 0.3) is 0 Å². The molecule has 0 aliphatic rings. The fourth-order valence-electron chi connectivity index (χ4n) is 2.33. The van der Waals surface area contributed by atoms with Gasteiger partial charge in [-0.05, 0) is 22.4 Å². The molecule has 5 nitrogen and oxygen atoms in total. The first kappa shape index (κ1) is 17.6. The van der Waals surface area contributed by atoms with Gasteiger partial charge in [0.2, 0.25) is 0 Å². The Kier molecular flexibility index (Phi) is 9.09. The normalized spacial score (nSPS) is 12.8. The lowest BCUT2D eigenvalue weighted by Crippen LogP contribution is -2.30. The van der Waals surface area contributed by atoms with E-state index in [-0.39, 0.29) is 6.04 Å². The number of ether oxygens (including phenoxy) is 1. The SMILES string of the molecule is CCCCCCCC(NN)c1c(Br)cnn1CCOC. The molecule has 0 fully saturated rings. The van der Waals surface area contributed by atoms with Crippen molar-refractivity contribution in [3.63, 3.8) is 0 Å². The van der Waals surface area contributed by atoms with Crippen LogP contribution in [0.15, 0.2) is 10.7 Å². The number of nitrogens with two attached hydrogens (primary N) is 1. The van der Waals surface area contributed by atoms with Crippen molar-refractivity contribution in [1.29, 1.82) is 0 Å². The summed E-state index contributed by atoms with van der Waals surface area (Å²) in [5.74, 6) is 5.73. The minimum Gasteiger partial charge on any atom is -0.383 e. The predicted molar refractivity (Wildman–Crippen MR) is 85.2 cm³/mol. The summed E-state index contributed by atoms with van der Waals surface area (Å²) in [4.78, 5) is 0. The van der Waals surface area contributed by atoms with Crippen LogP contribution in [0.4, 0.5) is 0 Å². The van der Waals surface area contributed by atoms with Crippen molar-refractivity contribution in [2.45, 2.75) is 58.0 Å². The molecule has 0 radical (unpaired) electrons. The monoisotopic (exact) mass is 346 g/mol. The molecule has 0 aliphatic carbocycles. The Morgan fingerprint density at radius 3 is 2.80 bits per heavy atom. The Morgan fingerprint density at radius 1 is 1.40 bits per heavy atom. The molecule has 1 aromatic rings. The maximum atomic E-state index is 5.73. The van der Waals surface area contributed by atoms with Crippen LogP contribution in [0.2, 0.25) is 0 Å². The third-order valence-corrected chi connectivity index (χ3v) is 4.08. The van der Waals surface area contributed by atoms with Crippen molar-refractivity contribution in [3.05, 3.63) is 16.4 Å². The predicted octanol–water partition coefficient (Wildman–Crippen LogP) is 3.16. The van der Waals surface area contributed by atoms with E-state index in [2.05, 4.69) is 33.4 Å². The number of hydrogen-bond donors (Lipinski definition) is 2. The van der Waals surface area contributed by atoms with E-state index in [0.29, 0.717) is 6.61 Å². The zero-order valence-electron chi connectivity index (χ0n) is 12.6. The van der Waals surface area contributed by atoms with E-state index in [1.54, 1.807) is 7.11 Å². The Bertz CT molecular complexity index is 370. The van der Waals surface area contributed by atoms with E-state index < -0.39 is 0 Å². The molecule has 1 atom stereocenters. The van der Waals surface area contributed by atoms with Gasteiger partial charge in [-0.1, -0.05) is 39.0 Å². The summed E-state index contributed by atoms with van der Waals surface area (Å²) < 4.78 is 8.09. The highest BCUT2D eigenvalue weighted by atomic mass is 79.9. The van der Waals surface area contributed by atoms with Crippen LogP contribution in [-0.4, -0.2) is 23.5 Å². The molecule has 0 bridgehead atoms. The van der Waals surface area contributed by atoms with Gasteiger partial charge in [-0.25, -0.2) is 0 Å². The van der Waals surface area contributed by atoms with E-state index >= 15 is 0 Å². The molecule has 1 heterocycles. The van der Waals surface area contributed by atoms with Gasteiger partial charge >= 0.3 is 0 Å². The Labute approximate surface area is 130 Å². The van der Waals surface area contributed by atoms with Crippen LogP contribution >= 0.6 is 15.9 Å². The lowest BCUT2D eigenvalue weighted by molar-refractivity contribution is 0.181. The molecule has 1 unspecified atom stereocenters. The average Bonchev–Trinajstić information content (AvgIpc) is 2.82. The second kappa shape index (κ2) is 10.3. The molecule has 0 saturated carbocycles. The summed E-state index contributed by atoms with van der Waals surface area (Å²) >= 11 is 3.56. The summed E-state index contributed by atoms with van der Waals surface area (Å²) in [6.07, 6.45) is 9.18. The topological polar surface area (TPSA) is 65.1 Å². The molecule has 116 valence electrons. The minimum atomic E-state index is 0.130. The van der Waals surface area contributed by atoms with Crippen LogP contribution in [0, 0.1) is 0 Å². The second-order valence-corrected chi connectivity index (χ2v) is 5.87. The molecule has 3 N–H and O–H groups in total. The van der Waals surface area contributed by atoms with Crippen molar-refractivity contribution < 1.29 is 4.74 Å². The Hall–Kier alpha value is -0.430. The van der Waals surface area contributed by atoms with Crippen molar-refractivity contribution in [2.75, 3.05) is 13.7 Å². The van der Waals surface area contributed by atoms with E-state index in [0.717, 1.165) is 23.1 Å². The van der Waals surface area contributed by atoms with Crippen LogP contribution in [0.3, 0.4) is 0 Å². The fourth-order valence-corrected chi connectivity index (χ4v) is 2.90. The van der Waals surface area contributed by atoms with Crippen LogP contribution < -0.4 is 11.3 Å². The average molecular weight is 347 g/mol. The maximum Gasteiger partial charge on any atom is 0.0710 e. The molecule has 1 aromatic heterocycles. The van der Waals surface area contributed by atoms with Gasteiger partial charge in [0, 0.05) is 7.11 Å². The van der Waals surface area contributed by atoms with E-state index in [1.165, 1.54) is 32.1 Å². The molecular weight excluding hydrogens is 320 g/mol. The second-order valence-electron chi connectivity index (χ2n) is 5.02. The van der Waals surface area contributed by atoms with E-state index in [1.807, 2.05) is 10.9 Å². The Morgan fingerprint density at radius 2 is 2.15 bits per heavy atom. The van der Waals surface area contributed by atoms with E-state index in [9.17, 15) is 0 Å². The molecule has 6 heteroatoms. The first-order chi connectivity index (χ1) is 9.74. The van der Waals surface area contributed by atoms with Crippen molar-refractivity contribution >= 4 is 15.9 Å². The molecular formula is C14H27BrN4O. The standard InChI is InChI=1S/C14H27BrN4O/c1-3-4-5-6-7-8-13(18-16)14-12(15)11-17-19(14)9-10-20-2/h11,13,18H,3-10,16H2,1-2H3. The number of hydrogen-bond acceptors (Lipinski definition) is 4. The molecule has 0 aromatic carbocycles. The van der Waals surface area contributed by atoms with Crippen molar-refractivity contribution in [3.8, 4) is 0 Å². The van der Waals surface area contributed by atoms with Crippen LogP contribution in [0.5, 0.6) is 0 Å². The molecule has 0 aliphatic heterocycles. The number of rotatable bonds is 11. The van der Waals surface area contributed by atoms with Gasteiger partial charge in [-0.2, -0.15) is 5.10 Å². The van der Waals surface area contributed by atoms with Gasteiger partial charge < -0.3 is 4.74 Å². The quantitative estimate of drug-likeness (QED) is 0.367. The van der Waals surface area contributed by atoms with Crippen LogP contribution in [-0.2, 0) is 11.3 Å². The summed E-state index contributed by atoms with van der Waals surface area (Å²) in [5, 5.41) is 4.37. The first-order valence-corrected chi connectivity index (χ1v) is 8.20.